The molecule has 13 heavy (non-hydrogen) atoms. The van der Waals surface area contributed by atoms with Gasteiger partial charge in [0.15, 0.2) is 0 Å². The van der Waals surface area contributed by atoms with Gasteiger partial charge in [-0.1, -0.05) is 4.85 Å². The zero-order valence-corrected chi connectivity index (χ0v) is 6.84. The van der Waals surface area contributed by atoms with Crippen LogP contribution in [0.25, 0.3) is 0 Å². The number of hydrogen-bond donors (Lipinski definition) is 0. The molecule has 70 valence electrons. The largest absolute Gasteiger partial charge is 0.594 e. The maximum absolute atomic E-state index is 10.6. The highest BCUT2D eigenvalue weighted by molar-refractivity contribution is 5.37. The van der Waals surface area contributed by atoms with E-state index in [0.29, 0.717) is 0 Å². The Bertz CT molecular complexity index is 328. The number of nitro groups is 1. The summed E-state index contributed by atoms with van der Waals surface area (Å²) < 4.78 is 4.81. The minimum absolute atomic E-state index is 0.206. The van der Waals surface area contributed by atoms with Crippen LogP contribution in [0.2, 0.25) is 0 Å². The molecule has 0 amide bonds. The lowest BCUT2D eigenvalue weighted by Gasteiger charge is -2.00. The molecule has 0 unspecified atom stereocenters. The van der Waals surface area contributed by atoms with Crippen molar-refractivity contribution in [3.63, 3.8) is 0 Å². The molecule has 1 aromatic heterocycles. The van der Waals surface area contributed by atoms with Gasteiger partial charge >= 0.3 is 11.6 Å². The topological polar surface area (TPSA) is 92.2 Å². The van der Waals surface area contributed by atoms with E-state index in [1.165, 1.54) is 0 Å². The number of aromatic nitrogens is 2. The molecule has 0 aromatic carbocycles. The highest BCUT2D eigenvalue weighted by Crippen LogP contribution is 2.20. The van der Waals surface area contributed by atoms with E-state index in [-0.39, 0.29) is 23.0 Å². The van der Waals surface area contributed by atoms with Gasteiger partial charge in [-0.3, -0.25) is 10.1 Å². The molecule has 0 bridgehead atoms. The first kappa shape index (κ1) is 9.17. The second-order valence-corrected chi connectivity index (χ2v) is 2.10. The zero-order valence-electron chi connectivity index (χ0n) is 6.84. The quantitative estimate of drug-likeness (QED) is 0.286. The van der Waals surface area contributed by atoms with Crippen molar-refractivity contribution in [3.8, 4) is 5.88 Å². The number of hydrogen-bond acceptors (Lipinski definition) is 5. The highest BCUT2D eigenvalue weighted by Gasteiger charge is 2.19. The summed E-state index contributed by atoms with van der Waals surface area (Å²) in [5, 5.41) is 24.3. The van der Waals surface area contributed by atoms with Gasteiger partial charge in [0.2, 0.25) is 6.20 Å². The summed E-state index contributed by atoms with van der Waals surface area (Å²) in [6, 6.07) is 1.05. The Morgan fingerprint density at radius 3 is 3.00 bits per heavy atom. The maximum Gasteiger partial charge on any atom is 0.359 e. The van der Waals surface area contributed by atoms with E-state index in [9.17, 15) is 15.3 Å². The Morgan fingerprint density at radius 1 is 1.77 bits per heavy atom. The molecule has 0 radical (unpaired) electrons. The van der Waals surface area contributed by atoms with Gasteiger partial charge in [0.05, 0.1) is 22.7 Å². The van der Waals surface area contributed by atoms with Crippen LogP contribution in [0.3, 0.4) is 0 Å². The van der Waals surface area contributed by atoms with Gasteiger partial charge < -0.3 is 9.94 Å². The molecule has 0 saturated carbocycles. The van der Waals surface area contributed by atoms with Crippen LogP contribution >= 0.6 is 0 Å². The number of ether oxygens (including phenoxy) is 1. The van der Waals surface area contributed by atoms with Crippen LogP contribution in [0.15, 0.2) is 12.3 Å². The lowest BCUT2D eigenvalue weighted by molar-refractivity contribution is -0.670. The molecule has 0 N–H and O–H groups in total. The van der Waals surface area contributed by atoms with Crippen molar-refractivity contribution in [2.75, 3.05) is 6.61 Å². The van der Waals surface area contributed by atoms with Gasteiger partial charge in [0.1, 0.15) is 0 Å². The fraction of sp³-hybridized carbons (Fsp3) is 0.333. The Labute approximate surface area is 73.3 Å². The summed E-state index contributed by atoms with van der Waals surface area (Å²) in [4.78, 5) is 9.93. The smallest absolute Gasteiger partial charge is 0.359 e. The van der Waals surface area contributed by atoms with Crippen molar-refractivity contribution in [2.24, 2.45) is 0 Å². The van der Waals surface area contributed by atoms with Crippen LogP contribution in [0.5, 0.6) is 5.88 Å². The van der Waals surface area contributed by atoms with Gasteiger partial charge in [-0.25, -0.2) is 0 Å². The van der Waals surface area contributed by atoms with E-state index in [1.807, 2.05) is 0 Å². The first-order valence-electron chi connectivity index (χ1n) is 3.53. The third-order valence-electron chi connectivity index (χ3n) is 1.25. The molecular weight excluding hydrogens is 178 g/mol. The van der Waals surface area contributed by atoms with Crippen LogP contribution in [0, 0.1) is 15.3 Å². The van der Waals surface area contributed by atoms with Crippen LogP contribution in [-0.2, 0) is 0 Å². The molecule has 0 atom stereocenters. The van der Waals surface area contributed by atoms with E-state index < -0.39 is 4.92 Å². The minimum atomic E-state index is -0.655. The predicted molar refractivity (Wildman–Crippen MR) is 41.0 cm³/mol. The minimum Gasteiger partial charge on any atom is -0.594 e. The summed E-state index contributed by atoms with van der Waals surface area (Å²) in [7, 11) is 0. The van der Waals surface area contributed by atoms with E-state index in [1.54, 1.807) is 6.92 Å². The van der Waals surface area contributed by atoms with E-state index >= 15 is 0 Å². The average molecular weight is 185 g/mol. The molecule has 7 heteroatoms. The maximum atomic E-state index is 10.6. The van der Waals surface area contributed by atoms with E-state index in [4.69, 9.17) is 4.74 Å². The summed E-state index contributed by atoms with van der Waals surface area (Å²) in [5.41, 5.74) is -0.311. The van der Waals surface area contributed by atoms with E-state index in [0.717, 1.165) is 12.3 Å². The fourth-order valence-corrected chi connectivity index (χ4v) is 0.758. The van der Waals surface area contributed by atoms with Crippen molar-refractivity contribution in [1.82, 2.24) is 5.10 Å². The predicted octanol–water partition coefficient (Wildman–Crippen LogP) is 0.0219. The van der Waals surface area contributed by atoms with Gasteiger partial charge in [0.25, 0.3) is 0 Å². The lowest BCUT2D eigenvalue weighted by atomic mass is 10.5. The normalized spacial score (nSPS) is 9.62. The van der Waals surface area contributed by atoms with Gasteiger partial charge in [0, 0.05) is 0 Å². The molecule has 0 aliphatic carbocycles. The molecule has 1 aromatic rings. The Kier molecular flexibility index (Phi) is 2.58. The van der Waals surface area contributed by atoms with Crippen LogP contribution in [-0.4, -0.2) is 16.6 Å². The number of rotatable bonds is 3. The molecule has 0 aliphatic heterocycles. The van der Waals surface area contributed by atoms with Crippen LogP contribution in [0.4, 0.5) is 5.69 Å². The third kappa shape index (κ3) is 2.01. The van der Waals surface area contributed by atoms with Crippen molar-refractivity contribution >= 4 is 5.69 Å². The summed E-state index contributed by atoms with van der Waals surface area (Å²) in [5.74, 6) is -0.259. The van der Waals surface area contributed by atoms with Gasteiger partial charge in [-0.05, 0) is 6.92 Å². The molecule has 0 aliphatic rings. The van der Waals surface area contributed by atoms with E-state index in [2.05, 4.69) is 5.10 Å². The molecule has 0 fully saturated rings. The second kappa shape index (κ2) is 3.65. The summed E-state index contributed by atoms with van der Waals surface area (Å²) >= 11 is 0. The zero-order chi connectivity index (χ0) is 9.84. The van der Waals surface area contributed by atoms with Crippen molar-refractivity contribution in [3.05, 3.63) is 27.6 Å². The van der Waals surface area contributed by atoms with Gasteiger partial charge in [-0.15, -0.1) is 0 Å². The first-order valence-corrected chi connectivity index (χ1v) is 3.53. The van der Waals surface area contributed by atoms with Gasteiger partial charge in [-0.2, -0.15) is 0 Å². The standard InChI is InChI=1S/C6H7N3O4/c1-2-13-6-5(9(11)12)3-4-8(10)7-6/h3-4H,2H2,1H3. The molecule has 1 heterocycles. The van der Waals surface area contributed by atoms with Crippen LogP contribution < -0.4 is 9.58 Å². The summed E-state index contributed by atoms with van der Waals surface area (Å²) in [6.45, 7) is 1.87. The highest BCUT2D eigenvalue weighted by atomic mass is 16.6. The molecular formula is C6H7N3O4. The first-order chi connectivity index (χ1) is 6.15. The average Bonchev–Trinajstić information content (AvgIpc) is 2.04. The lowest BCUT2D eigenvalue weighted by Crippen LogP contribution is -2.30. The van der Waals surface area contributed by atoms with Crippen LogP contribution in [0.1, 0.15) is 6.92 Å². The fourth-order valence-electron chi connectivity index (χ4n) is 0.758. The van der Waals surface area contributed by atoms with Crippen molar-refractivity contribution in [2.45, 2.75) is 6.92 Å². The second-order valence-electron chi connectivity index (χ2n) is 2.10. The molecule has 7 nitrogen and oxygen atoms in total. The molecule has 0 saturated heterocycles. The monoisotopic (exact) mass is 185 g/mol. The van der Waals surface area contributed by atoms with Crippen molar-refractivity contribution < 1.29 is 14.5 Å². The molecule has 0 spiro atoms. The Balaban J connectivity index is 3.10. The third-order valence-corrected chi connectivity index (χ3v) is 1.25. The SMILES string of the molecule is CCOc1n[n+]([O-])ccc1[N+](=O)[O-]. The number of nitrogens with zero attached hydrogens (tertiary/aromatic N) is 3. The molecule has 1 rings (SSSR count). The summed E-state index contributed by atoms with van der Waals surface area (Å²) in [6.07, 6.45) is 0.945. The Morgan fingerprint density at radius 2 is 2.46 bits per heavy atom. The van der Waals surface area contributed by atoms with Crippen molar-refractivity contribution in [1.29, 1.82) is 0 Å². The Hall–Kier alpha value is -1.92.